The van der Waals surface area contributed by atoms with Gasteiger partial charge in [-0.25, -0.2) is 4.39 Å². The zero-order valence-corrected chi connectivity index (χ0v) is 11.1. The highest BCUT2D eigenvalue weighted by Gasteiger charge is 2.25. The molecule has 0 fully saturated rings. The smallest absolute Gasteiger partial charge is 0.296 e. The Kier molecular flexibility index (Phi) is 3.36. The first-order chi connectivity index (χ1) is 10.1. The first kappa shape index (κ1) is 13.2. The number of amides is 1. The normalized spacial score (nSPS) is 12.5. The van der Waals surface area contributed by atoms with Crippen molar-refractivity contribution in [2.75, 3.05) is 5.32 Å². The summed E-state index contributed by atoms with van der Waals surface area (Å²) in [5.74, 6) is -1.69. The lowest BCUT2D eigenvalue weighted by molar-refractivity contribution is -0.131. The molecule has 0 aromatic heterocycles. The lowest BCUT2D eigenvalue weighted by atomic mass is 10.0. The predicted molar refractivity (Wildman–Crippen MR) is 78.2 cm³/mol. The summed E-state index contributed by atoms with van der Waals surface area (Å²) in [5, 5.41) is 2.48. The second kappa shape index (κ2) is 5.32. The SMILES string of the molecule is O=C(Nc1ccc(F)cc1)C(=O)C1=CCc2ccccc21. The molecule has 4 heteroatoms. The number of benzene rings is 2. The molecule has 1 amide bonds. The van der Waals surface area contributed by atoms with Crippen molar-refractivity contribution in [3.8, 4) is 0 Å². The summed E-state index contributed by atoms with van der Waals surface area (Å²) in [4.78, 5) is 24.2. The summed E-state index contributed by atoms with van der Waals surface area (Å²) >= 11 is 0. The maximum atomic E-state index is 12.8. The van der Waals surface area contributed by atoms with Crippen molar-refractivity contribution in [3.63, 3.8) is 0 Å². The fourth-order valence-corrected chi connectivity index (χ4v) is 2.34. The van der Waals surface area contributed by atoms with Gasteiger partial charge in [0.05, 0.1) is 0 Å². The molecule has 0 bridgehead atoms. The van der Waals surface area contributed by atoms with Crippen LogP contribution in [0, 0.1) is 5.82 Å². The number of carbonyl (C=O) groups is 2. The third-order valence-corrected chi connectivity index (χ3v) is 3.39. The van der Waals surface area contributed by atoms with E-state index >= 15 is 0 Å². The molecule has 104 valence electrons. The van der Waals surface area contributed by atoms with Crippen molar-refractivity contribution in [2.24, 2.45) is 0 Å². The Labute approximate surface area is 121 Å². The molecule has 0 saturated heterocycles. The van der Waals surface area contributed by atoms with E-state index in [2.05, 4.69) is 5.32 Å². The van der Waals surface area contributed by atoms with Gasteiger partial charge < -0.3 is 5.32 Å². The van der Waals surface area contributed by atoms with E-state index in [1.807, 2.05) is 24.3 Å². The number of ketones is 1. The number of fused-ring (bicyclic) bond motifs is 1. The van der Waals surface area contributed by atoms with E-state index in [-0.39, 0.29) is 0 Å². The average molecular weight is 281 g/mol. The Morgan fingerprint density at radius 2 is 1.71 bits per heavy atom. The van der Waals surface area contributed by atoms with Crippen molar-refractivity contribution in [1.29, 1.82) is 0 Å². The Balaban J connectivity index is 1.77. The Morgan fingerprint density at radius 3 is 2.48 bits per heavy atom. The van der Waals surface area contributed by atoms with Crippen LogP contribution in [0.4, 0.5) is 10.1 Å². The molecular formula is C17H12FNO2. The maximum absolute atomic E-state index is 12.8. The lowest BCUT2D eigenvalue weighted by Gasteiger charge is -2.06. The van der Waals surface area contributed by atoms with E-state index in [4.69, 9.17) is 0 Å². The molecule has 0 atom stereocenters. The minimum Gasteiger partial charge on any atom is -0.319 e. The lowest BCUT2D eigenvalue weighted by Crippen LogP contribution is -2.23. The molecule has 0 unspecified atom stereocenters. The monoisotopic (exact) mass is 281 g/mol. The third-order valence-electron chi connectivity index (χ3n) is 3.39. The molecule has 3 rings (SSSR count). The van der Waals surface area contributed by atoms with Crippen molar-refractivity contribution < 1.29 is 14.0 Å². The van der Waals surface area contributed by atoms with Crippen molar-refractivity contribution in [3.05, 3.63) is 71.6 Å². The van der Waals surface area contributed by atoms with Crippen LogP contribution < -0.4 is 5.32 Å². The van der Waals surface area contributed by atoms with Gasteiger partial charge in [0, 0.05) is 11.3 Å². The molecule has 0 saturated carbocycles. The van der Waals surface area contributed by atoms with Gasteiger partial charge in [-0.05, 0) is 41.8 Å². The first-order valence-corrected chi connectivity index (χ1v) is 6.55. The standard InChI is InChI=1S/C17H12FNO2/c18-12-6-8-13(9-7-12)19-17(21)16(20)15-10-5-11-3-1-2-4-14(11)15/h1-4,6-10H,5H2,(H,19,21). The number of hydrogen-bond acceptors (Lipinski definition) is 2. The fraction of sp³-hybridized carbons (Fsp3) is 0.0588. The molecule has 21 heavy (non-hydrogen) atoms. The molecular weight excluding hydrogens is 269 g/mol. The first-order valence-electron chi connectivity index (χ1n) is 6.55. The largest absolute Gasteiger partial charge is 0.319 e. The van der Waals surface area contributed by atoms with Crippen LogP contribution in [0.25, 0.3) is 5.57 Å². The molecule has 1 aliphatic carbocycles. The number of hydrogen-bond donors (Lipinski definition) is 1. The summed E-state index contributed by atoms with van der Waals surface area (Å²) in [6.07, 6.45) is 2.41. The Morgan fingerprint density at radius 1 is 1.00 bits per heavy atom. The number of nitrogens with one attached hydrogen (secondary N) is 1. The van der Waals surface area contributed by atoms with Crippen LogP contribution in [0.1, 0.15) is 11.1 Å². The van der Waals surface area contributed by atoms with Gasteiger partial charge in [-0.2, -0.15) is 0 Å². The highest BCUT2D eigenvalue weighted by Crippen LogP contribution is 2.28. The van der Waals surface area contributed by atoms with Crippen molar-refractivity contribution >= 4 is 23.0 Å². The van der Waals surface area contributed by atoms with Gasteiger partial charge in [0.25, 0.3) is 11.7 Å². The summed E-state index contributed by atoms with van der Waals surface area (Å²) in [5.41, 5.74) is 2.65. The summed E-state index contributed by atoms with van der Waals surface area (Å²) in [6, 6.07) is 12.8. The highest BCUT2D eigenvalue weighted by atomic mass is 19.1. The Bertz CT molecular complexity index is 748. The van der Waals surface area contributed by atoms with Crippen LogP contribution in [0.5, 0.6) is 0 Å². The zero-order valence-electron chi connectivity index (χ0n) is 11.1. The summed E-state index contributed by atoms with van der Waals surface area (Å²) in [6.45, 7) is 0. The van der Waals surface area contributed by atoms with E-state index in [0.717, 1.165) is 11.1 Å². The molecule has 0 aliphatic heterocycles. The van der Waals surface area contributed by atoms with Crippen LogP contribution in [0.3, 0.4) is 0 Å². The van der Waals surface area contributed by atoms with Gasteiger partial charge in [-0.15, -0.1) is 0 Å². The summed E-state index contributed by atoms with van der Waals surface area (Å²) in [7, 11) is 0. The summed E-state index contributed by atoms with van der Waals surface area (Å²) < 4.78 is 12.8. The molecule has 2 aromatic rings. The van der Waals surface area contributed by atoms with E-state index < -0.39 is 17.5 Å². The molecule has 1 N–H and O–H groups in total. The third kappa shape index (κ3) is 2.60. The van der Waals surface area contributed by atoms with Gasteiger partial charge in [0.2, 0.25) is 0 Å². The van der Waals surface area contributed by atoms with Crippen LogP contribution in [0.2, 0.25) is 0 Å². The van der Waals surface area contributed by atoms with Crippen LogP contribution in [-0.4, -0.2) is 11.7 Å². The number of halogens is 1. The fourth-order valence-electron chi connectivity index (χ4n) is 2.34. The highest BCUT2D eigenvalue weighted by molar-refractivity contribution is 6.56. The van der Waals surface area contributed by atoms with Crippen molar-refractivity contribution in [2.45, 2.75) is 6.42 Å². The topological polar surface area (TPSA) is 46.2 Å². The number of allylic oxidation sites excluding steroid dienone is 1. The average Bonchev–Trinajstić information content (AvgIpc) is 2.92. The van der Waals surface area contributed by atoms with E-state index in [1.54, 1.807) is 6.08 Å². The number of carbonyl (C=O) groups excluding carboxylic acids is 2. The van der Waals surface area contributed by atoms with Crippen LogP contribution in [0.15, 0.2) is 54.6 Å². The van der Waals surface area contributed by atoms with Gasteiger partial charge in [0.1, 0.15) is 5.82 Å². The van der Waals surface area contributed by atoms with Gasteiger partial charge in [-0.1, -0.05) is 30.3 Å². The molecule has 1 aliphatic rings. The predicted octanol–water partition coefficient (Wildman–Crippen LogP) is 2.97. The number of rotatable bonds is 3. The van der Waals surface area contributed by atoms with Crippen LogP contribution in [-0.2, 0) is 16.0 Å². The van der Waals surface area contributed by atoms with Crippen LogP contribution >= 0.6 is 0 Å². The minimum absolute atomic E-state index is 0.390. The molecule has 3 nitrogen and oxygen atoms in total. The van der Waals surface area contributed by atoms with E-state index in [0.29, 0.717) is 17.7 Å². The second-order valence-electron chi connectivity index (χ2n) is 4.77. The second-order valence-corrected chi connectivity index (χ2v) is 4.77. The quantitative estimate of drug-likeness (QED) is 0.879. The van der Waals surface area contributed by atoms with Gasteiger partial charge in [-0.3, -0.25) is 9.59 Å². The molecule has 0 radical (unpaired) electrons. The number of anilines is 1. The molecule has 2 aromatic carbocycles. The zero-order chi connectivity index (χ0) is 14.8. The maximum Gasteiger partial charge on any atom is 0.296 e. The van der Waals surface area contributed by atoms with Gasteiger partial charge >= 0.3 is 0 Å². The Hall–Kier alpha value is -2.75. The van der Waals surface area contributed by atoms with E-state index in [1.165, 1.54) is 24.3 Å². The van der Waals surface area contributed by atoms with Gasteiger partial charge in [0.15, 0.2) is 0 Å². The molecule has 0 spiro atoms. The minimum atomic E-state index is -0.718. The number of Topliss-reactive ketones (excluding diaryl/α,β-unsaturated/α-hetero) is 1. The van der Waals surface area contributed by atoms with Crippen molar-refractivity contribution in [1.82, 2.24) is 0 Å². The molecule has 0 heterocycles. The van der Waals surface area contributed by atoms with E-state index in [9.17, 15) is 14.0 Å².